The number of amides is 1. The van der Waals surface area contributed by atoms with Crippen LogP contribution < -0.4 is 15.8 Å². The van der Waals surface area contributed by atoms with Gasteiger partial charge in [0.15, 0.2) is 5.82 Å². The maximum atomic E-state index is 12.2. The molecule has 1 aromatic carbocycles. The fourth-order valence-corrected chi connectivity index (χ4v) is 1.67. The van der Waals surface area contributed by atoms with Crippen molar-refractivity contribution in [3.8, 4) is 5.75 Å². The van der Waals surface area contributed by atoms with Crippen molar-refractivity contribution in [2.75, 3.05) is 17.7 Å². The number of nitrogens with zero attached hydrogens (tertiary/aromatic N) is 1. The molecule has 6 heteroatoms. The van der Waals surface area contributed by atoms with Crippen LogP contribution in [0, 0.1) is 6.92 Å². The Morgan fingerprint density at radius 2 is 2.32 bits per heavy atom. The average Bonchev–Trinajstić information content (AvgIpc) is 2.75. The first kappa shape index (κ1) is 12.9. The zero-order valence-corrected chi connectivity index (χ0v) is 10.8. The Morgan fingerprint density at radius 1 is 1.53 bits per heavy atom. The molecule has 6 nitrogen and oxygen atoms in total. The number of rotatable bonds is 4. The van der Waals surface area contributed by atoms with Crippen LogP contribution in [0.5, 0.6) is 5.75 Å². The van der Waals surface area contributed by atoms with Gasteiger partial charge in [-0.3, -0.25) is 4.79 Å². The van der Waals surface area contributed by atoms with E-state index in [4.69, 9.17) is 15.0 Å². The third-order valence-corrected chi connectivity index (χ3v) is 2.45. The van der Waals surface area contributed by atoms with Crippen LogP contribution in [-0.2, 0) is 0 Å². The van der Waals surface area contributed by atoms with E-state index in [1.54, 1.807) is 31.2 Å². The number of nitrogens with one attached hydrogen (secondary N) is 1. The Bertz CT molecular complexity index is 593. The van der Waals surface area contributed by atoms with Crippen LogP contribution in [0.4, 0.5) is 11.5 Å². The Balaban J connectivity index is 2.27. The van der Waals surface area contributed by atoms with Gasteiger partial charge in [-0.2, -0.15) is 0 Å². The predicted octanol–water partition coefficient (Wildman–Crippen LogP) is 2.22. The first-order chi connectivity index (χ1) is 9.11. The number of carbonyl (C=O) groups excluding carboxylic acids is 1. The molecule has 0 aliphatic rings. The van der Waals surface area contributed by atoms with Gasteiger partial charge in [0.25, 0.3) is 5.91 Å². The van der Waals surface area contributed by atoms with Crippen molar-refractivity contribution in [3.05, 3.63) is 35.6 Å². The lowest BCUT2D eigenvalue weighted by atomic mass is 10.1. The van der Waals surface area contributed by atoms with Gasteiger partial charge < -0.3 is 20.3 Å². The van der Waals surface area contributed by atoms with Crippen molar-refractivity contribution in [1.29, 1.82) is 0 Å². The molecule has 0 unspecified atom stereocenters. The maximum absolute atomic E-state index is 12.2. The summed E-state index contributed by atoms with van der Waals surface area (Å²) >= 11 is 0. The van der Waals surface area contributed by atoms with Crippen LogP contribution in [-0.4, -0.2) is 17.7 Å². The number of hydrogen-bond donors (Lipinski definition) is 2. The SMILES string of the molecule is CCOc1cccc(N)c1C(=O)Nc1cc(C)on1. The molecule has 1 aromatic heterocycles. The fraction of sp³-hybridized carbons (Fsp3) is 0.231. The van der Waals surface area contributed by atoms with Gasteiger partial charge in [-0.1, -0.05) is 11.2 Å². The van der Waals surface area contributed by atoms with Crippen LogP contribution in [0.25, 0.3) is 0 Å². The number of aromatic nitrogens is 1. The fourth-order valence-electron chi connectivity index (χ4n) is 1.67. The topological polar surface area (TPSA) is 90.4 Å². The highest BCUT2D eigenvalue weighted by atomic mass is 16.5. The summed E-state index contributed by atoms with van der Waals surface area (Å²) in [5.74, 6) is 1.02. The molecule has 0 aliphatic carbocycles. The summed E-state index contributed by atoms with van der Waals surface area (Å²) in [4.78, 5) is 12.2. The Kier molecular flexibility index (Phi) is 3.70. The molecule has 1 amide bonds. The summed E-state index contributed by atoms with van der Waals surface area (Å²) in [5.41, 5.74) is 6.47. The largest absolute Gasteiger partial charge is 0.493 e. The zero-order valence-electron chi connectivity index (χ0n) is 10.8. The molecule has 19 heavy (non-hydrogen) atoms. The molecule has 3 N–H and O–H groups in total. The predicted molar refractivity (Wildman–Crippen MR) is 71.2 cm³/mol. The molecule has 2 aromatic rings. The van der Waals surface area contributed by atoms with Crippen LogP contribution in [0.15, 0.2) is 28.8 Å². The minimum absolute atomic E-state index is 0.296. The van der Waals surface area contributed by atoms with Gasteiger partial charge in [-0.25, -0.2) is 0 Å². The van der Waals surface area contributed by atoms with Gasteiger partial charge in [0.05, 0.1) is 6.61 Å². The number of benzene rings is 1. The second-order valence-electron chi connectivity index (χ2n) is 3.93. The Morgan fingerprint density at radius 3 is 2.95 bits per heavy atom. The van der Waals surface area contributed by atoms with Crippen molar-refractivity contribution < 1.29 is 14.1 Å². The highest BCUT2D eigenvalue weighted by Crippen LogP contribution is 2.25. The van der Waals surface area contributed by atoms with Gasteiger partial charge in [0.1, 0.15) is 17.1 Å². The van der Waals surface area contributed by atoms with E-state index in [1.807, 2.05) is 6.92 Å². The molecule has 0 fully saturated rings. The van der Waals surface area contributed by atoms with Crippen molar-refractivity contribution in [2.24, 2.45) is 0 Å². The van der Waals surface area contributed by atoms with Crippen LogP contribution in [0.2, 0.25) is 0 Å². The molecule has 1 heterocycles. The molecule has 100 valence electrons. The Hall–Kier alpha value is -2.50. The molecular formula is C13H15N3O3. The van der Waals surface area contributed by atoms with Gasteiger partial charge in [-0.15, -0.1) is 0 Å². The lowest BCUT2D eigenvalue weighted by Crippen LogP contribution is -2.16. The van der Waals surface area contributed by atoms with E-state index in [9.17, 15) is 4.79 Å². The lowest BCUT2D eigenvalue weighted by Gasteiger charge is -2.11. The van der Waals surface area contributed by atoms with E-state index >= 15 is 0 Å². The molecule has 0 bridgehead atoms. The number of carbonyl (C=O) groups is 1. The molecule has 0 aliphatic heterocycles. The van der Waals surface area contributed by atoms with Crippen molar-refractivity contribution in [3.63, 3.8) is 0 Å². The quantitative estimate of drug-likeness (QED) is 0.823. The van der Waals surface area contributed by atoms with E-state index in [2.05, 4.69) is 10.5 Å². The lowest BCUT2D eigenvalue weighted by molar-refractivity contribution is 0.102. The standard InChI is InChI=1S/C13H15N3O3/c1-3-18-10-6-4-5-9(14)12(10)13(17)15-11-7-8(2)19-16-11/h4-7H,3,14H2,1-2H3,(H,15,16,17). The van der Waals surface area contributed by atoms with E-state index in [1.165, 1.54) is 0 Å². The minimum atomic E-state index is -0.380. The first-order valence-electron chi connectivity index (χ1n) is 5.87. The molecule has 2 rings (SSSR count). The van der Waals surface area contributed by atoms with E-state index in [0.717, 1.165) is 0 Å². The summed E-state index contributed by atoms with van der Waals surface area (Å²) < 4.78 is 10.3. The highest BCUT2D eigenvalue weighted by Gasteiger charge is 2.17. The summed E-state index contributed by atoms with van der Waals surface area (Å²) in [5, 5.41) is 6.31. The van der Waals surface area contributed by atoms with Gasteiger partial charge in [0.2, 0.25) is 0 Å². The van der Waals surface area contributed by atoms with Gasteiger partial charge in [0, 0.05) is 11.8 Å². The number of hydrogen-bond acceptors (Lipinski definition) is 5. The van der Waals surface area contributed by atoms with E-state index in [0.29, 0.717) is 35.2 Å². The second kappa shape index (κ2) is 5.43. The number of aryl methyl sites for hydroxylation is 1. The molecule has 0 saturated heterocycles. The summed E-state index contributed by atoms with van der Waals surface area (Å²) in [6.07, 6.45) is 0. The number of nitrogen functional groups attached to an aromatic ring is 1. The third-order valence-electron chi connectivity index (χ3n) is 2.45. The van der Waals surface area contributed by atoms with E-state index in [-0.39, 0.29) is 5.91 Å². The first-order valence-corrected chi connectivity index (χ1v) is 5.87. The number of ether oxygens (including phenoxy) is 1. The molecule has 0 radical (unpaired) electrons. The average molecular weight is 261 g/mol. The Labute approximate surface area is 110 Å². The second-order valence-corrected chi connectivity index (χ2v) is 3.93. The van der Waals surface area contributed by atoms with Crippen LogP contribution in [0.1, 0.15) is 23.0 Å². The van der Waals surface area contributed by atoms with Gasteiger partial charge >= 0.3 is 0 Å². The molecule has 0 atom stereocenters. The molecule has 0 spiro atoms. The van der Waals surface area contributed by atoms with Crippen molar-refractivity contribution in [2.45, 2.75) is 13.8 Å². The van der Waals surface area contributed by atoms with Crippen molar-refractivity contribution in [1.82, 2.24) is 5.16 Å². The number of nitrogens with two attached hydrogens (primary N) is 1. The maximum Gasteiger partial charge on any atom is 0.262 e. The van der Waals surface area contributed by atoms with Crippen LogP contribution >= 0.6 is 0 Å². The molecular weight excluding hydrogens is 246 g/mol. The molecule has 0 saturated carbocycles. The normalized spacial score (nSPS) is 10.2. The van der Waals surface area contributed by atoms with Gasteiger partial charge in [-0.05, 0) is 26.0 Å². The van der Waals surface area contributed by atoms with E-state index < -0.39 is 0 Å². The minimum Gasteiger partial charge on any atom is -0.493 e. The van der Waals surface area contributed by atoms with Crippen molar-refractivity contribution >= 4 is 17.4 Å². The smallest absolute Gasteiger partial charge is 0.262 e. The third kappa shape index (κ3) is 2.85. The monoisotopic (exact) mass is 261 g/mol. The number of anilines is 2. The summed E-state index contributed by atoms with van der Waals surface area (Å²) in [6, 6.07) is 6.70. The summed E-state index contributed by atoms with van der Waals surface area (Å²) in [7, 11) is 0. The highest BCUT2D eigenvalue weighted by molar-refractivity contribution is 6.09. The zero-order chi connectivity index (χ0) is 13.8. The van der Waals surface area contributed by atoms with Crippen LogP contribution in [0.3, 0.4) is 0 Å². The summed E-state index contributed by atoms with van der Waals surface area (Å²) in [6.45, 7) is 4.03.